The van der Waals surface area contributed by atoms with Crippen LogP contribution in [0.5, 0.6) is 0 Å². The molecule has 8 heteroatoms. The smallest absolute Gasteiger partial charge is 0.273 e. The second kappa shape index (κ2) is 5.21. The van der Waals surface area contributed by atoms with Gasteiger partial charge in [-0.3, -0.25) is 14.6 Å². The van der Waals surface area contributed by atoms with Gasteiger partial charge in [-0.2, -0.15) is 5.10 Å². The maximum absolute atomic E-state index is 11.7. The second-order valence-electron chi connectivity index (χ2n) is 3.44. The Bertz CT molecular complexity index is 475. The van der Waals surface area contributed by atoms with E-state index in [-0.39, 0.29) is 11.6 Å². The van der Waals surface area contributed by atoms with Gasteiger partial charge >= 0.3 is 0 Å². The van der Waals surface area contributed by atoms with Gasteiger partial charge in [0.2, 0.25) is 0 Å². The molecule has 4 N–H and O–H groups in total. The molecule has 2 rings (SSSR count). The number of amides is 1. The molecule has 0 atom stereocenters. The third-order valence-electron chi connectivity index (χ3n) is 2.14. The van der Waals surface area contributed by atoms with Crippen molar-refractivity contribution < 1.29 is 4.79 Å². The number of rotatable bonds is 5. The number of carbonyl (C=O) groups is 1. The van der Waals surface area contributed by atoms with Crippen molar-refractivity contribution in [2.45, 2.75) is 13.1 Å². The van der Waals surface area contributed by atoms with Crippen molar-refractivity contribution in [2.24, 2.45) is 5.73 Å². The fourth-order valence-electron chi connectivity index (χ4n) is 1.29. The van der Waals surface area contributed by atoms with Crippen LogP contribution in [0.4, 0.5) is 0 Å². The van der Waals surface area contributed by atoms with Crippen LogP contribution in [0.25, 0.3) is 0 Å². The summed E-state index contributed by atoms with van der Waals surface area (Å²) in [4.78, 5) is 11.7. The van der Waals surface area contributed by atoms with E-state index in [4.69, 9.17) is 5.73 Å². The number of nitrogens with zero attached hydrogens (tertiary/aromatic N) is 4. The Kier molecular flexibility index (Phi) is 3.46. The van der Waals surface area contributed by atoms with E-state index in [1.807, 2.05) is 0 Å². The van der Waals surface area contributed by atoms with E-state index in [1.165, 1.54) is 4.68 Å². The molecule has 90 valence electrons. The Morgan fingerprint density at radius 2 is 2.47 bits per heavy atom. The average Bonchev–Trinajstić information content (AvgIpc) is 2.97. The van der Waals surface area contributed by atoms with Crippen LogP contribution in [0.3, 0.4) is 0 Å². The maximum Gasteiger partial charge on any atom is 0.273 e. The third kappa shape index (κ3) is 2.88. The van der Waals surface area contributed by atoms with Gasteiger partial charge in [0.05, 0.1) is 18.9 Å². The number of hydrogen-bond acceptors (Lipinski definition) is 5. The van der Waals surface area contributed by atoms with Crippen molar-refractivity contribution in [1.29, 1.82) is 0 Å². The Hall–Kier alpha value is -2.22. The van der Waals surface area contributed by atoms with E-state index in [0.717, 1.165) is 5.56 Å². The molecule has 0 saturated heterocycles. The number of aromatic nitrogens is 5. The van der Waals surface area contributed by atoms with E-state index in [9.17, 15) is 4.79 Å². The molecule has 0 fully saturated rings. The molecule has 17 heavy (non-hydrogen) atoms. The molecule has 0 aliphatic rings. The molecule has 0 radical (unpaired) electrons. The number of hydrogen-bond donors (Lipinski definition) is 3. The Morgan fingerprint density at radius 3 is 3.18 bits per heavy atom. The largest absolute Gasteiger partial charge is 0.346 e. The zero-order valence-electron chi connectivity index (χ0n) is 9.13. The van der Waals surface area contributed by atoms with Crippen molar-refractivity contribution in [3.63, 3.8) is 0 Å². The normalized spacial score (nSPS) is 10.4. The number of carbonyl (C=O) groups excluding carboxylic acids is 1. The van der Waals surface area contributed by atoms with Gasteiger partial charge in [0.1, 0.15) is 0 Å². The minimum Gasteiger partial charge on any atom is -0.346 e. The molecule has 0 bridgehead atoms. The molecule has 0 aromatic carbocycles. The zero-order valence-corrected chi connectivity index (χ0v) is 9.13. The van der Waals surface area contributed by atoms with E-state index < -0.39 is 0 Å². The molecule has 8 nitrogen and oxygen atoms in total. The molecule has 1 amide bonds. The maximum atomic E-state index is 11.7. The van der Waals surface area contributed by atoms with E-state index in [2.05, 4.69) is 25.8 Å². The molecular weight excluding hydrogens is 222 g/mol. The summed E-state index contributed by atoms with van der Waals surface area (Å²) >= 11 is 0. The van der Waals surface area contributed by atoms with Crippen LogP contribution < -0.4 is 11.1 Å². The molecule has 0 aliphatic carbocycles. The van der Waals surface area contributed by atoms with Crippen molar-refractivity contribution in [3.8, 4) is 0 Å². The molecular formula is C9H13N7O. The summed E-state index contributed by atoms with van der Waals surface area (Å²) in [5.74, 6) is -0.269. The van der Waals surface area contributed by atoms with Gasteiger partial charge in [-0.05, 0) is 0 Å². The molecule has 2 heterocycles. The molecule has 2 aromatic rings. The van der Waals surface area contributed by atoms with Crippen LogP contribution >= 0.6 is 0 Å². The molecule has 2 aromatic heterocycles. The van der Waals surface area contributed by atoms with Crippen LogP contribution in [0.1, 0.15) is 16.1 Å². The lowest BCUT2D eigenvalue weighted by molar-refractivity contribution is 0.0946. The minimum atomic E-state index is -0.269. The lowest BCUT2D eigenvalue weighted by atomic mass is 10.3. The van der Waals surface area contributed by atoms with Crippen molar-refractivity contribution in [1.82, 2.24) is 30.5 Å². The molecule has 0 unspecified atom stereocenters. The fourth-order valence-corrected chi connectivity index (χ4v) is 1.29. The minimum absolute atomic E-state index is 0.269. The standard InChI is InChI=1S/C9H13N7O/c10-1-2-16-6-8(14-15-16)9(17)11-3-7-4-12-13-5-7/h4-6H,1-3,10H2,(H,11,17)(H,12,13). The van der Waals surface area contributed by atoms with Crippen LogP contribution in [-0.4, -0.2) is 37.6 Å². The van der Waals surface area contributed by atoms with Crippen LogP contribution in [0, 0.1) is 0 Å². The first-order chi connectivity index (χ1) is 8.29. The van der Waals surface area contributed by atoms with Gasteiger partial charge in [0.25, 0.3) is 5.91 Å². The Morgan fingerprint density at radius 1 is 1.59 bits per heavy atom. The lowest BCUT2D eigenvalue weighted by Gasteiger charge is -1.99. The summed E-state index contributed by atoms with van der Waals surface area (Å²) < 4.78 is 1.53. The lowest BCUT2D eigenvalue weighted by Crippen LogP contribution is -2.23. The summed E-state index contributed by atoms with van der Waals surface area (Å²) in [7, 11) is 0. The van der Waals surface area contributed by atoms with Gasteiger partial charge in [-0.15, -0.1) is 5.10 Å². The Balaban J connectivity index is 1.90. The predicted molar refractivity (Wildman–Crippen MR) is 58.8 cm³/mol. The highest BCUT2D eigenvalue weighted by atomic mass is 16.2. The van der Waals surface area contributed by atoms with Gasteiger partial charge in [-0.1, -0.05) is 5.21 Å². The van der Waals surface area contributed by atoms with Crippen molar-refractivity contribution in [2.75, 3.05) is 6.54 Å². The van der Waals surface area contributed by atoms with E-state index >= 15 is 0 Å². The molecule has 0 spiro atoms. The van der Waals surface area contributed by atoms with Crippen LogP contribution in [0.2, 0.25) is 0 Å². The first-order valence-electron chi connectivity index (χ1n) is 5.15. The topological polar surface area (TPSA) is 115 Å². The van der Waals surface area contributed by atoms with Crippen molar-refractivity contribution in [3.05, 3.63) is 29.8 Å². The summed E-state index contributed by atoms with van der Waals surface area (Å²) in [5, 5.41) is 16.7. The summed E-state index contributed by atoms with van der Waals surface area (Å²) in [5.41, 5.74) is 6.54. The second-order valence-corrected chi connectivity index (χ2v) is 3.44. The first-order valence-corrected chi connectivity index (χ1v) is 5.15. The highest BCUT2D eigenvalue weighted by Gasteiger charge is 2.10. The third-order valence-corrected chi connectivity index (χ3v) is 2.14. The number of aromatic amines is 1. The Labute approximate surface area is 97.2 Å². The highest BCUT2D eigenvalue weighted by molar-refractivity contribution is 5.91. The highest BCUT2D eigenvalue weighted by Crippen LogP contribution is 1.96. The summed E-state index contributed by atoms with van der Waals surface area (Å²) in [6.07, 6.45) is 4.93. The van der Waals surface area contributed by atoms with E-state index in [1.54, 1.807) is 18.6 Å². The van der Waals surface area contributed by atoms with Gasteiger partial charge < -0.3 is 11.1 Å². The molecule has 0 aliphatic heterocycles. The van der Waals surface area contributed by atoms with Crippen LogP contribution in [0.15, 0.2) is 18.6 Å². The SMILES string of the molecule is NCCn1cc(C(=O)NCc2cn[nH]c2)nn1. The quantitative estimate of drug-likeness (QED) is 0.608. The van der Waals surface area contributed by atoms with Crippen molar-refractivity contribution >= 4 is 5.91 Å². The summed E-state index contributed by atoms with van der Waals surface area (Å²) in [6.45, 7) is 1.40. The number of H-pyrrole nitrogens is 1. The van der Waals surface area contributed by atoms with Gasteiger partial charge in [-0.25, -0.2) is 0 Å². The predicted octanol–water partition coefficient (Wildman–Crippen LogP) is -1.11. The average molecular weight is 235 g/mol. The van der Waals surface area contributed by atoms with Gasteiger partial charge in [0.15, 0.2) is 5.69 Å². The fraction of sp³-hybridized carbons (Fsp3) is 0.333. The summed E-state index contributed by atoms with van der Waals surface area (Å²) in [6, 6.07) is 0. The van der Waals surface area contributed by atoms with Crippen LogP contribution in [-0.2, 0) is 13.1 Å². The molecule has 0 saturated carbocycles. The van der Waals surface area contributed by atoms with E-state index in [0.29, 0.717) is 19.6 Å². The monoisotopic (exact) mass is 235 g/mol. The van der Waals surface area contributed by atoms with Gasteiger partial charge in [0, 0.05) is 24.8 Å². The zero-order chi connectivity index (χ0) is 12.1. The first kappa shape index (κ1) is 11.3. The number of nitrogens with two attached hydrogens (primary N) is 1. The number of nitrogens with one attached hydrogen (secondary N) is 2.